The Morgan fingerprint density at radius 3 is 2.56 bits per heavy atom. The summed E-state index contributed by atoms with van der Waals surface area (Å²) in [5, 5.41) is 5.02. The first-order valence-electron chi connectivity index (χ1n) is 5.56. The Hall–Kier alpha value is -1.33. The molecule has 5 heteroatoms. The number of hydrogen-bond acceptors (Lipinski definition) is 5. The molecule has 18 heavy (non-hydrogen) atoms. The van der Waals surface area contributed by atoms with Gasteiger partial charge in [0.2, 0.25) is 5.13 Å². The van der Waals surface area contributed by atoms with Crippen LogP contribution in [0.25, 0.3) is 0 Å². The number of benzene rings is 1. The number of thioether (sulfide) groups is 1. The summed E-state index contributed by atoms with van der Waals surface area (Å²) >= 11 is 3.35. The van der Waals surface area contributed by atoms with Gasteiger partial charge in [-0.2, -0.15) is 5.10 Å². The molecule has 0 amide bonds. The first-order chi connectivity index (χ1) is 8.69. The third-order valence-electron chi connectivity index (χ3n) is 2.52. The highest BCUT2D eigenvalue weighted by Crippen LogP contribution is 2.20. The Bertz CT molecular complexity index is 524. The second kappa shape index (κ2) is 6.02. The maximum Gasteiger partial charge on any atom is 0.203 e. The molecule has 1 aromatic heterocycles. The van der Waals surface area contributed by atoms with Crippen molar-refractivity contribution >= 4 is 34.4 Å². The van der Waals surface area contributed by atoms with Gasteiger partial charge in [0.15, 0.2) is 0 Å². The van der Waals surface area contributed by atoms with E-state index in [1.807, 2.05) is 6.92 Å². The summed E-state index contributed by atoms with van der Waals surface area (Å²) in [5.74, 6) is 0. The summed E-state index contributed by atoms with van der Waals surface area (Å²) < 4.78 is 0. The summed E-state index contributed by atoms with van der Waals surface area (Å²) in [6, 6.07) is 8.28. The van der Waals surface area contributed by atoms with Crippen molar-refractivity contribution in [2.45, 2.75) is 18.7 Å². The summed E-state index contributed by atoms with van der Waals surface area (Å²) in [6.07, 6.45) is 3.87. The second-order valence-electron chi connectivity index (χ2n) is 3.80. The van der Waals surface area contributed by atoms with Crippen molar-refractivity contribution in [3.63, 3.8) is 0 Å². The largest absolute Gasteiger partial charge is 0.253 e. The monoisotopic (exact) mass is 277 g/mol. The zero-order chi connectivity index (χ0) is 13.0. The molecule has 0 saturated carbocycles. The highest BCUT2D eigenvalue weighted by atomic mass is 32.2. The van der Waals surface area contributed by atoms with Gasteiger partial charge in [-0.1, -0.05) is 12.1 Å². The number of nitrogens with zero attached hydrogens (tertiary/aromatic N) is 2. The van der Waals surface area contributed by atoms with Crippen molar-refractivity contribution < 1.29 is 0 Å². The lowest BCUT2D eigenvalue weighted by Gasteiger charge is -1.97. The molecule has 0 aliphatic rings. The molecule has 0 aliphatic carbocycles. The smallest absolute Gasteiger partial charge is 0.203 e. The SMILES string of the molecule is CSc1ccc(C=NNc2nc(C)c(C)s2)cc1. The van der Waals surface area contributed by atoms with E-state index >= 15 is 0 Å². The van der Waals surface area contributed by atoms with Crippen molar-refractivity contribution in [2.75, 3.05) is 11.7 Å². The van der Waals surface area contributed by atoms with Gasteiger partial charge >= 0.3 is 0 Å². The van der Waals surface area contributed by atoms with Crippen molar-refractivity contribution in [2.24, 2.45) is 5.10 Å². The lowest BCUT2D eigenvalue weighted by atomic mass is 10.2. The van der Waals surface area contributed by atoms with Crippen LogP contribution in [-0.4, -0.2) is 17.5 Å². The first kappa shape index (κ1) is 13.1. The molecular formula is C13H15N3S2. The molecule has 0 fully saturated rings. The van der Waals surface area contributed by atoms with Gasteiger partial charge in [-0.3, -0.25) is 5.43 Å². The molecule has 2 rings (SSSR count). The minimum Gasteiger partial charge on any atom is -0.253 e. The zero-order valence-corrected chi connectivity index (χ0v) is 12.2. The van der Waals surface area contributed by atoms with Crippen LogP contribution in [0.15, 0.2) is 34.3 Å². The van der Waals surface area contributed by atoms with Crippen molar-refractivity contribution in [3.8, 4) is 0 Å². The number of anilines is 1. The van der Waals surface area contributed by atoms with Gasteiger partial charge < -0.3 is 0 Å². The van der Waals surface area contributed by atoms with E-state index in [1.54, 1.807) is 29.3 Å². The van der Waals surface area contributed by atoms with E-state index in [0.717, 1.165) is 16.4 Å². The first-order valence-corrected chi connectivity index (χ1v) is 7.60. The van der Waals surface area contributed by atoms with Crippen LogP contribution in [0.4, 0.5) is 5.13 Å². The number of hydrazone groups is 1. The van der Waals surface area contributed by atoms with E-state index in [1.165, 1.54) is 9.77 Å². The topological polar surface area (TPSA) is 37.3 Å². The van der Waals surface area contributed by atoms with Crippen LogP contribution in [-0.2, 0) is 0 Å². The Morgan fingerprint density at radius 2 is 2.00 bits per heavy atom. The maximum atomic E-state index is 4.36. The highest BCUT2D eigenvalue weighted by Gasteiger charge is 2.00. The minimum atomic E-state index is 0.835. The lowest BCUT2D eigenvalue weighted by molar-refractivity contribution is 1.20. The summed E-state index contributed by atoms with van der Waals surface area (Å²) in [4.78, 5) is 6.83. The number of nitrogens with one attached hydrogen (secondary N) is 1. The van der Waals surface area contributed by atoms with Crippen molar-refractivity contribution in [1.82, 2.24) is 4.98 Å². The van der Waals surface area contributed by atoms with E-state index in [2.05, 4.69) is 53.0 Å². The fraction of sp³-hybridized carbons (Fsp3) is 0.231. The van der Waals surface area contributed by atoms with E-state index in [0.29, 0.717) is 0 Å². The van der Waals surface area contributed by atoms with E-state index in [-0.39, 0.29) is 0 Å². The molecule has 2 aromatic rings. The van der Waals surface area contributed by atoms with Crippen LogP contribution in [0.2, 0.25) is 0 Å². The Kier molecular flexibility index (Phi) is 4.38. The van der Waals surface area contributed by atoms with Gasteiger partial charge in [-0.05, 0) is 37.8 Å². The van der Waals surface area contributed by atoms with Gasteiger partial charge in [-0.25, -0.2) is 4.98 Å². The molecule has 0 unspecified atom stereocenters. The predicted molar refractivity (Wildman–Crippen MR) is 81.0 cm³/mol. The maximum absolute atomic E-state index is 4.36. The van der Waals surface area contributed by atoms with Crippen LogP contribution < -0.4 is 5.43 Å². The van der Waals surface area contributed by atoms with Crippen molar-refractivity contribution in [1.29, 1.82) is 0 Å². The van der Waals surface area contributed by atoms with Gasteiger partial charge in [0.05, 0.1) is 11.9 Å². The number of aromatic nitrogens is 1. The Morgan fingerprint density at radius 1 is 1.28 bits per heavy atom. The fourth-order valence-corrected chi connectivity index (χ4v) is 2.55. The summed E-state index contributed by atoms with van der Waals surface area (Å²) in [6.45, 7) is 4.06. The van der Waals surface area contributed by atoms with Gasteiger partial charge in [-0.15, -0.1) is 23.1 Å². The van der Waals surface area contributed by atoms with E-state index in [9.17, 15) is 0 Å². The molecule has 0 spiro atoms. The Labute approximate surface area is 115 Å². The summed E-state index contributed by atoms with van der Waals surface area (Å²) in [5.41, 5.74) is 5.09. The van der Waals surface area contributed by atoms with E-state index < -0.39 is 0 Å². The van der Waals surface area contributed by atoms with Gasteiger partial charge in [0.25, 0.3) is 0 Å². The van der Waals surface area contributed by atoms with Gasteiger partial charge in [0, 0.05) is 9.77 Å². The predicted octanol–water partition coefficient (Wildman–Crippen LogP) is 3.93. The molecule has 0 radical (unpaired) electrons. The molecule has 1 aromatic carbocycles. The Balaban J connectivity index is 1.98. The average Bonchev–Trinajstić information content (AvgIpc) is 2.69. The van der Waals surface area contributed by atoms with Crippen LogP contribution in [0.1, 0.15) is 16.1 Å². The molecule has 0 aliphatic heterocycles. The number of thiazole rings is 1. The summed E-state index contributed by atoms with van der Waals surface area (Å²) in [7, 11) is 0. The molecular weight excluding hydrogens is 262 g/mol. The molecule has 0 bridgehead atoms. The normalized spacial score (nSPS) is 11.1. The highest BCUT2D eigenvalue weighted by molar-refractivity contribution is 7.98. The number of rotatable bonds is 4. The van der Waals surface area contributed by atoms with Crippen LogP contribution in [0.5, 0.6) is 0 Å². The molecule has 3 nitrogen and oxygen atoms in total. The van der Waals surface area contributed by atoms with Crippen LogP contribution in [0, 0.1) is 13.8 Å². The molecule has 94 valence electrons. The molecule has 1 N–H and O–H groups in total. The second-order valence-corrected chi connectivity index (χ2v) is 5.89. The third-order valence-corrected chi connectivity index (χ3v) is 4.24. The van der Waals surface area contributed by atoms with Crippen LogP contribution in [0.3, 0.4) is 0 Å². The van der Waals surface area contributed by atoms with Crippen molar-refractivity contribution in [3.05, 3.63) is 40.4 Å². The van der Waals surface area contributed by atoms with E-state index in [4.69, 9.17) is 0 Å². The molecule has 1 heterocycles. The molecule has 0 atom stereocenters. The molecule has 0 saturated heterocycles. The quantitative estimate of drug-likeness (QED) is 0.523. The third kappa shape index (κ3) is 3.34. The lowest BCUT2D eigenvalue weighted by Crippen LogP contribution is -1.89. The number of hydrogen-bond donors (Lipinski definition) is 1. The fourth-order valence-electron chi connectivity index (χ4n) is 1.37. The average molecular weight is 277 g/mol. The minimum absolute atomic E-state index is 0.835. The number of aryl methyl sites for hydroxylation is 2. The van der Waals surface area contributed by atoms with Crippen LogP contribution >= 0.6 is 23.1 Å². The zero-order valence-electron chi connectivity index (χ0n) is 10.6. The standard InChI is InChI=1S/C13H15N3S2/c1-9-10(2)18-13(15-9)16-14-8-11-4-6-12(17-3)7-5-11/h4-8H,1-3H3,(H,15,16). The van der Waals surface area contributed by atoms with Gasteiger partial charge in [0.1, 0.15) is 0 Å².